The van der Waals surface area contributed by atoms with Gasteiger partial charge in [-0.05, 0) is 41.0 Å². The van der Waals surface area contributed by atoms with E-state index in [9.17, 15) is 0 Å². The second kappa shape index (κ2) is 5.84. The Labute approximate surface area is 92.4 Å². The van der Waals surface area contributed by atoms with Gasteiger partial charge in [-0.15, -0.1) is 0 Å². The SMILES string of the molecule is CCCN(CC#N)Cc1ccc(Br)o1. The van der Waals surface area contributed by atoms with Gasteiger partial charge in [0.1, 0.15) is 5.76 Å². The van der Waals surface area contributed by atoms with Gasteiger partial charge < -0.3 is 4.42 Å². The van der Waals surface area contributed by atoms with Gasteiger partial charge in [0.2, 0.25) is 0 Å². The molecule has 14 heavy (non-hydrogen) atoms. The molecular formula is C10H13BrN2O. The Balaban J connectivity index is 2.51. The van der Waals surface area contributed by atoms with Gasteiger partial charge in [0, 0.05) is 0 Å². The van der Waals surface area contributed by atoms with E-state index < -0.39 is 0 Å². The molecule has 0 aliphatic carbocycles. The largest absolute Gasteiger partial charge is 0.453 e. The molecule has 0 saturated carbocycles. The zero-order valence-electron chi connectivity index (χ0n) is 8.16. The molecule has 0 atom stereocenters. The van der Waals surface area contributed by atoms with E-state index in [0.29, 0.717) is 13.1 Å². The van der Waals surface area contributed by atoms with E-state index in [-0.39, 0.29) is 0 Å². The van der Waals surface area contributed by atoms with Crippen LogP contribution >= 0.6 is 15.9 Å². The number of hydrogen-bond donors (Lipinski definition) is 0. The molecule has 1 aromatic heterocycles. The highest BCUT2D eigenvalue weighted by Gasteiger charge is 2.06. The lowest BCUT2D eigenvalue weighted by molar-refractivity contribution is 0.269. The van der Waals surface area contributed by atoms with Crippen molar-refractivity contribution in [3.05, 3.63) is 22.6 Å². The van der Waals surface area contributed by atoms with Crippen molar-refractivity contribution in [2.45, 2.75) is 19.9 Å². The summed E-state index contributed by atoms with van der Waals surface area (Å²) in [7, 11) is 0. The number of halogens is 1. The average molecular weight is 257 g/mol. The molecule has 0 amide bonds. The maximum absolute atomic E-state index is 8.61. The van der Waals surface area contributed by atoms with E-state index >= 15 is 0 Å². The van der Waals surface area contributed by atoms with Crippen LogP contribution in [0.5, 0.6) is 0 Å². The Morgan fingerprint density at radius 1 is 1.57 bits per heavy atom. The molecule has 0 aromatic carbocycles. The lowest BCUT2D eigenvalue weighted by Gasteiger charge is -2.15. The smallest absolute Gasteiger partial charge is 0.169 e. The van der Waals surface area contributed by atoms with Crippen LogP contribution in [0.2, 0.25) is 0 Å². The lowest BCUT2D eigenvalue weighted by Crippen LogP contribution is -2.24. The predicted octanol–water partition coefficient (Wildman–Crippen LogP) is 2.78. The maximum atomic E-state index is 8.61. The van der Waals surface area contributed by atoms with Gasteiger partial charge in [-0.25, -0.2) is 0 Å². The molecule has 1 heterocycles. The normalized spacial score (nSPS) is 10.4. The lowest BCUT2D eigenvalue weighted by atomic mass is 10.3. The molecule has 0 spiro atoms. The quantitative estimate of drug-likeness (QED) is 0.761. The van der Waals surface area contributed by atoms with Crippen molar-refractivity contribution in [1.82, 2.24) is 4.90 Å². The first-order valence-electron chi connectivity index (χ1n) is 4.59. The first kappa shape index (κ1) is 11.3. The van der Waals surface area contributed by atoms with Crippen LogP contribution in [0.1, 0.15) is 19.1 Å². The van der Waals surface area contributed by atoms with Crippen molar-refractivity contribution >= 4 is 15.9 Å². The second-order valence-corrected chi connectivity index (χ2v) is 3.86. The molecule has 0 aliphatic heterocycles. The van der Waals surface area contributed by atoms with Crippen LogP contribution < -0.4 is 0 Å². The van der Waals surface area contributed by atoms with Crippen molar-refractivity contribution in [1.29, 1.82) is 5.26 Å². The Bertz CT molecular complexity index is 316. The Morgan fingerprint density at radius 3 is 2.86 bits per heavy atom. The van der Waals surface area contributed by atoms with E-state index in [2.05, 4.69) is 33.8 Å². The summed E-state index contributed by atoms with van der Waals surface area (Å²) < 4.78 is 6.11. The minimum absolute atomic E-state index is 0.451. The summed E-state index contributed by atoms with van der Waals surface area (Å²) in [5, 5.41) is 8.61. The van der Waals surface area contributed by atoms with E-state index in [0.717, 1.165) is 23.4 Å². The van der Waals surface area contributed by atoms with Crippen molar-refractivity contribution in [2.24, 2.45) is 0 Å². The molecule has 4 heteroatoms. The second-order valence-electron chi connectivity index (χ2n) is 3.07. The summed E-state index contributed by atoms with van der Waals surface area (Å²) in [5.74, 6) is 0.889. The van der Waals surface area contributed by atoms with Crippen LogP contribution in [-0.4, -0.2) is 18.0 Å². The molecule has 0 aliphatic rings. The zero-order chi connectivity index (χ0) is 10.4. The van der Waals surface area contributed by atoms with Crippen LogP contribution in [0.15, 0.2) is 21.2 Å². The van der Waals surface area contributed by atoms with Crippen molar-refractivity contribution in [3.8, 4) is 6.07 Å². The summed E-state index contributed by atoms with van der Waals surface area (Å²) >= 11 is 3.25. The van der Waals surface area contributed by atoms with Crippen LogP contribution in [0.3, 0.4) is 0 Å². The minimum Gasteiger partial charge on any atom is -0.453 e. The molecule has 0 radical (unpaired) electrons. The molecule has 0 fully saturated rings. The van der Waals surface area contributed by atoms with Gasteiger partial charge in [0.25, 0.3) is 0 Å². The number of furan rings is 1. The van der Waals surface area contributed by atoms with Gasteiger partial charge in [0.05, 0.1) is 19.2 Å². The van der Waals surface area contributed by atoms with Crippen molar-refractivity contribution in [2.75, 3.05) is 13.1 Å². The van der Waals surface area contributed by atoms with Gasteiger partial charge >= 0.3 is 0 Å². The van der Waals surface area contributed by atoms with E-state index in [1.54, 1.807) is 0 Å². The fourth-order valence-electron chi connectivity index (χ4n) is 1.29. The highest BCUT2D eigenvalue weighted by atomic mass is 79.9. The fraction of sp³-hybridized carbons (Fsp3) is 0.500. The maximum Gasteiger partial charge on any atom is 0.169 e. The molecule has 0 saturated heterocycles. The summed E-state index contributed by atoms with van der Waals surface area (Å²) in [4.78, 5) is 2.06. The molecule has 0 N–H and O–H groups in total. The predicted molar refractivity (Wildman–Crippen MR) is 57.6 cm³/mol. The third kappa shape index (κ3) is 3.52. The number of hydrogen-bond acceptors (Lipinski definition) is 3. The highest BCUT2D eigenvalue weighted by Crippen LogP contribution is 2.15. The summed E-state index contributed by atoms with van der Waals surface area (Å²) in [6, 6.07) is 5.94. The third-order valence-electron chi connectivity index (χ3n) is 1.84. The summed E-state index contributed by atoms with van der Waals surface area (Å²) in [5.41, 5.74) is 0. The summed E-state index contributed by atoms with van der Waals surface area (Å²) in [6.07, 6.45) is 1.05. The van der Waals surface area contributed by atoms with Crippen LogP contribution in [0, 0.1) is 11.3 Å². The zero-order valence-corrected chi connectivity index (χ0v) is 9.75. The number of nitrogens with zero attached hydrogens (tertiary/aromatic N) is 2. The molecule has 76 valence electrons. The molecule has 1 aromatic rings. The van der Waals surface area contributed by atoms with Crippen LogP contribution in [0.4, 0.5) is 0 Å². The molecule has 1 rings (SSSR count). The van der Waals surface area contributed by atoms with Crippen molar-refractivity contribution < 1.29 is 4.42 Å². The van der Waals surface area contributed by atoms with E-state index in [1.807, 2.05) is 12.1 Å². The summed E-state index contributed by atoms with van der Waals surface area (Å²) in [6.45, 7) is 4.17. The van der Waals surface area contributed by atoms with E-state index in [1.165, 1.54) is 0 Å². The van der Waals surface area contributed by atoms with Gasteiger partial charge in [-0.3, -0.25) is 4.90 Å². The topological polar surface area (TPSA) is 40.2 Å². The average Bonchev–Trinajstić information content (AvgIpc) is 2.52. The molecule has 3 nitrogen and oxygen atoms in total. The van der Waals surface area contributed by atoms with Gasteiger partial charge in [-0.1, -0.05) is 6.92 Å². The third-order valence-corrected chi connectivity index (χ3v) is 2.27. The molecule has 0 unspecified atom stereocenters. The fourth-order valence-corrected chi connectivity index (χ4v) is 1.63. The number of nitriles is 1. The van der Waals surface area contributed by atoms with Crippen LogP contribution in [0.25, 0.3) is 0 Å². The Kier molecular flexibility index (Phi) is 4.71. The van der Waals surface area contributed by atoms with Gasteiger partial charge in [-0.2, -0.15) is 5.26 Å². The van der Waals surface area contributed by atoms with Crippen molar-refractivity contribution in [3.63, 3.8) is 0 Å². The Hall–Kier alpha value is -0.790. The van der Waals surface area contributed by atoms with E-state index in [4.69, 9.17) is 9.68 Å². The minimum atomic E-state index is 0.451. The first-order valence-corrected chi connectivity index (χ1v) is 5.39. The standard InChI is InChI=1S/C10H13BrN2O/c1-2-6-13(7-5-12)8-9-3-4-10(11)14-9/h3-4H,2,6-8H2,1H3. The first-order chi connectivity index (χ1) is 6.76. The Morgan fingerprint density at radius 2 is 2.36 bits per heavy atom. The van der Waals surface area contributed by atoms with Crippen LogP contribution in [-0.2, 0) is 6.54 Å². The van der Waals surface area contributed by atoms with Gasteiger partial charge in [0.15, 0.2) is 4.67 Å². The number of rotatable bonds is 5. The highest BCUT2D eigenvalue weighted by molar-refractivity contribution is 9.10. The molecule has 0 bridgehead atoms. The monoisotopic (exact) mass is 256 g/mol. The molecular weight excluding hydrogens is 244 g/mol.